The van der Waals surface area contributed by atoms with E-state index in [4.69, 9.17) is 9.84 Å². The van der Waals surface area contributed by atoms with Crippen molar-refractivity contribution in [2.45, 2.75) is 46.1 Å². The number of carbonyl (C=O) groups excluding carboxylic acids is 1. The second-order valence-electron chi connectivity index (χ2n) is 6.79. The Morgan fingerprint density at radius 3 is 2.38 bits per heavy atom. The Kier molecular flexibility index (Phi) is 4.35. The zero-order chi connectivity index (χ0) is 15.6. The van der Waals surface area contributed by atoms with Gasteiger partial charge in [0.15, 0.2) is 0 Å². The van der Waals surface area contributed by atoms with Crippen LogP contribution in [0.25, 0.3) is 0 Å². The normalized spacial score (nSPS) is 24.3. The van der Waals surface area contributed by atoms with Gasteiger partial charge in [0.25, 0.3) is 0 Å². The molecular weight excluding hydrogens is 268 g/mol. The van der Waals surface area contributed by atoms with E-state index in [0.29, 0.717) is 5.92 Å². The molecule has 2 atom stereocenters. The number of carboxylic acids is 1. The maximum Gasteiger partial charge on any atom is 0.339 e. The fraction of sp³-hybridized carbons (Fsp3) is 0.529. The van der Waals surface area contributed by atoms with Crippen molar-refractivity contribution in [1.29, 1.82) is 0 Å². The van der Waals surface area contributed by atoms with E-state index in [2.05, 4.69) is 20.8 Å². The summed E-state index contributed by atoms with van der Waals surface area (Å²) >= 11 is 0. The van der Waals surface area contributed by atoms with Crippen molar-refractivity contribution in [3.05, 3.63) is 35.4 Å². The van der Waals surface area contributed by atoms with Crippen LogP contribution in [-0.2, 0) is 4.74 Å². The molecule has 1 aliphatic rings. The molecule has 2 rings (SSSR count). The first-order valence-electron chi connectivity index (χ1n) is 7.32. The minimum Gasteiger partial charge on any atom is -0.478 e. The Hall–Kier alpha value is -1.84. The van der Waals surface area contributed by atoms with Crippen LogP contribution in [0.3, 0.4) is 0 Å². The lowest BCUT2D eigenvalue weighted by molar-refractivity contribution is -0.00738. The molecule has 0 heterocycles. The van der Waals surface area contributed by atoms with Gasteiger partial charge in [0.1, 0.15) is 6.10 Å². The van der Waals surface area contributed by atoms with Gasteiger partial charge >= 0.3 is 11.9 Å². The third kappa shape index (κ3) is 3.84. The van der Waals surface area contributed by atoms with Gasteiger partial charge in [-0.15, -0.1) is 0 Å². The van der Waals surface area contributed by atoms with Crippen molar-refractivity contribution in [3.63, 3.8) is 0 Å². The second kappa shape index (κ2) is 5.88. The highest BCUT2D eigenvalue weighted by Gasteiger charge is 2.34. The molecule has 1 saturated carbocycles. The van der Waals surface area contributed by atoms with Crippen LogP contribution in [-0.4, -0.2) is 23.1 Å². The Balaban J connectivity index is 2.13. The molecule has 1 aromatic rings. The largest absolute Gasteiger partial charge is 0.478 e. The third-order valence-corrected chi connectivity index (χ3v) is 4.00. The number of esters is 1. The van der Waals surface area contributed by atoms with Gasteiger partial charge < -0.3 is 9.84 Å². The van der Waals surface area contributed by atoms with Crippen molar-refractivity contribution < 1.29 is 19.4 Å². The molecule has 1 N–H and O–H groups in total. The molecule has 1 aliphatic carbocycles. The summed E-state index contributed by atoms with van der Waals surface area (Å²) < 4.78 is 5.57. The Labute approximate surface area is 125 Å². The standard InChI is InChI=1S/C17H22O4/c1-11-8-12(10-17(2,3)9-11)21-16(20)14-7-5-4-6-13(14)15(18)19/h4-7,11-12H,8-10H2,1-3H3,(H,18,19)/t11-,12+/m0/s1. The van der Waals surface area contributed by atoms with Crippen molar-refractivity contribution >= 4 is 11.9 Å². The fourth-order valence-electron chi connectivity index (χ4n) is 3.41. The summed E-state index contributed by atoms with van der Waals surface area (Å²) in [5.74, 6) is -1.15. The Morgan fingerprint density at radius 1 is 1.19 bits per heavy atom. The van der Waals surface area contributed by atoms with E-state index in [1.165, 1.54) is 12.1 Å². The SMILES string of the molecule is C[C@H]1C[C@@H](OC(=O)c2ccccc2C(=O)O)CC(C)(C)C1. The summed E-state index contributed by atoms with van der Waals surface area (Å²) in [7, 11) is 0. The minimum absolute atomic E-state index is 0.00869. The molecular formula is C17H22O4. The zero-order valence-electron chi connectivity index (χ0n) is 12.8. The summed E-state index contributed by atoms with van der Waals surface area (Å²) in [6.45, 7) is 6.51. The molecule has 21 heavy (non-hydrogen) atoms. The predicted octanol–water partition coefficient (Wildman–Crippen LogP) is 3.76. The summed E-state index contributed by atoms with van der Waals surface area (Å²) in [6, 6.07) is 6.18. The van der Waals surface area contributed by atoms with Gasteiger partial charge in [-0.05, 0) is 42.7 Å². The highest BCUT2D eigenvalue weighted by molar-refractivity contribution is 6.02. The molecule has 0 aliphatic heterocycles. The van der Waals surface area contributed by atoms with Crippen molar-refractivity contribution in [3.8, 4) is 0 Å². The predicted molar refractivity (Wildman–Crippen MR) is 79.4 cm³/mol. The summed E-state index contributed by atoms with van der Waals surface area (Å²) in [5, 5.41) is 9.14. The molecule has 4 nitrogen and oxygen atoms in total. The van der Waals surface area contributed by atoms with Gasteiger partial charge in [-0.2, -0.15) is 0 Å². The van der Waals surface area contributed by atoms with E-state index in [9.17, 15) is 9.59 Å². The van der Waals surface area contributed by atoms with Crippen molar-refractivity contribution in [1.82, 2.24) is 0 Å². The average Bonchev–Trinajstić information content (AvgIpc) is 2.36. The first kappa shape index (κ1) is 15.5. The maximum absolute atomic E-state index is 12.3. The highest BCUT2D eigenvalue weighted by atomic mass is 16.5. The van der Waals surface area contributed by atoms with E-state index >= 15 is 0 Å². The number of carboxylic acid groups (broad SMARTS) is 1. The topological polar surface area (TPSA) is 63.6 Å². The van der Waals surface area contributed by atoms with Crippen LogP contribution in [0.1, 0.15) is 60.7 Å². The van der Waals surface area contributed by atoms with Gasteiger partial charge in [-0.3, -0.25) is 0 Å². The molecule has 114 valence electrons. The minimum atomic E-state index is -1.11. The number of ether oxygens (including phenoxy) is 1. The fourth-order valence-corrected chi connectivity index (χ4v) is 3.41. The second-order valence-corrected chi connectivity index (χ2v) is 6.79. The lowest BCUT2D eigenvalue weighted by Crippen LogP contribution is -2.34. The third-order valence-electron chi connectivity index (χ3n) is 4.00. The number of hydrogen-bond donors (Lipinski definition) is 1. The lowest BCUT2D eigenvalue weighted by atomic mass is 9.71. The van der Waals surface area contributed by atoms with E-state index in [1.54, 1.807) is 12.1 Å². The van der Waals surface area contributed by atoms with E-state index in [1.807, 2.05) is 0 Å². The van der Waals surface area contributed by atoms with Crippen LogP contribution in [0.15, 0.2) is 24.3 Å². The smallest absolute Gasteiger partial charge is 0.339 e. The monoisotopic (exact) mass is 290 g/mol. The quantitative estimate of drug-likeness (QED) is 0.861. The number of aromatic carboxylic acids is 1. The molecule has 1 aromatic carbocycles. The number of carbonyl (C=O) groups is 2. The summed E-state index contributed by atoms with van der Waals surface area (Å²) in [6.07, 6.45) is 2.63. The summed E-state index contributed by atoms with van der Waals surface area (Å²) in [5.41, 5.74) is 0.265. The molecule has 4 heteroatoms. The van der Waals surface area contributed by atoms with Crippen LogP contribution >= 0.6 is 0 Å². The number of rotatable bonds is 3. The van der Waals surface area contributed by atoms with E-state index in [-0.39, 0.29) is 22.6 Å². The first-order valence-corrected chi connectivity index (χ1v) is 7.32. The Morgan fingerprint density at radius 2 is 1.81 bits per heavy atom. The van der Waals surface area contributed by atoms with Crippen molar-refractivity contribution in [2.75, 3.05) is 0 Å². The molecule has 0 amide bonds. The van der Waals surface area contributed by atoms with E-state index < -0.39 is 11.9 Å². The molecule has 0 bridgehead atoms. The molecule has 0 saturated heterocycles. The summed E-state index contributed by atoms with van der Waals surface area (Å²) in [4.78, 5) is 23.4. The van der Waals surface area contributed by atoms with Crippen LogP contribution in [0.4, 0.5) is 0 Å². The molecule has 0 unspecified atom stereocenters. The zero-order valence-corrected chi connectivity index (χ0v) is 12.8. The molecule has 0 spiro atoms. The van der Waals surface area contributed by atoms with Crippen molar-refractivity contribution in [2.24, 2.45) is 11.3 Å². The van der Waals surface area contributed by atoms with E-state index in [0.717, 1.165) is 19.3 Å². The number of hydrogen-bond acceptors (Lipinski definition) is 3. The van der Waals surface area contributed by atoms with Crippen LogP contribution < -0.4 is 0 Å². The first-order chi connectivity index (χ1) is 9.78. The maximum atomic E-state index is 12.3. The van der Waals surface area contributed by atoms with Crippen LogP contribution in [0.2, 0.25) is 0 Å². The molecule has 0 aromatic heterocycles. The van der Waals surface area contributed by atoms with Gasteiger partial charge in [-0.25, -0.2) is 9.59 Å². The number of benzene rings is 1. The van der Waals surface area contributed by atoms with Gasteiger partial charge in [0.2, 0.25) is 0 Å². The highest BCUT2D eigenvalue weighted by Crippen LogP contribution is 2.39. The lowest BCUT2D eigenvalue weighted by Gasteiger charge is -2.38. The van der Waals surface area contributed by atoms with Gasteiger partial charge in [0.05, 0.1) is 11.1 Å². The van der Waals surface area contributed by atoms with Gasteiger partial charge in [0, 0.05) is 0 Å². The molecule has 1 fully saturated rings. The van der Waals surface area contributed by atoms with Crippen LogP contribution in [0, 0.1) is 11.3 Å². The average molecular weight is 290 g/mol. The van der Waals surface area contributed by atoms with Gasteiger partial charge in [-0.1, -0.05) is 32.9 Å². The Bertz CT molecular complexity index is 547. The molecule has 0 radical (unpaired) electrons. The van der Waals surface area contributed by atoms with Crippen LogP contribution in [0.5, 0.6) is 0 Å².